The number of rotatable bonds is 6. The minimum atomic E-state index is -0.588. The number of carbonyl (C=O) groups excluding carboxylic acids is 1. The molecule has 1 fully saturated rings. The number of ether oxygens (including phenoxy) is 2. The Morgan fingerprint density at radius 3 is 2.42 bits per heavy atom. The van der Waals surface area contributed by atoms with Crippen LogP contribution in [0.25, 0.3) is 11.0 Å². The van der Waals surface area contributed by atoms with Gasteiger partial charge in [0.15, 0.2) is 11.5 Å². The van der Waals surface area contributed by atoms with E-state index < -0.39 is 5.63 Å². The molecule has 0 bridgehead atoms. The molecular formula is C24H26N2O5. The summed E-state index contributed by atoms with van der Waals surface area (Å²) in [5.74, 6) is 0.711. The van der Waals surface area contributed by atoms with Crippen molar-refractivity contribution in [2.45, 2.75) is 19.4 Å². The van der Waals surface area contributed by atoms with E-state index in [0.717, 1.165) is 32.5 Å². The van der Waals surface area contributed by atoms with E-state index in [1.807, 2.05) is 18.2 Å². The molecule has 0 saturated carbocycles. The van der Waals surface area contributed by atoms with Crippen molar-refractivity contribution in [3.05, 3.63) is 64.5 Å². The van der Waals surface area contributed by atoms with E-state index in [9.17, 15) is 9.59 Å². The van der Waals surface area contributed by atoms with Crippen LogP contribution in [0.2, 0.25) is 0 Å². The Hall–Kier alpha value is -3.32. The molecule has 1 N–H and O–H groups in total. The van der Waals surface area contributed by atoms with Crippen LogP contribution in [0.3, 0.4) is 0 Å². The molecule has 0 aliphatic carbocycles. The average molecular weight is 422 g/mol. The Balaban J connectivity index is 1.42. The Morgan fingerprint density at radius 2 is 1.74 bits per heavy atom. The molecule has 1 aliphatic heterocycles. The number of anilines is 1. The Labute approximate surface area is 180 Å². The molecule has 2 aromatic carbocycles. The summed E-state index contributed by atoms with van der Waals surface area (Å²) in [6.45, 7) is 2.57. The normalized spacial score (nSPS) is 15.0. The predicted molar refractivity (Wildman–Crippen MR) is 119 cm³/mol. The first-order valence-corrected chi connectivity index (χ1v) is 10.3. The second kappa shape index (κ2) is 9.22. The molecule has 1 saturated heterocycles. The van der Waals surface area contributed by atoms with Crippen molar-refractivity contribution in [3.63, 3.8) is 0 Å². The fraction of sp³-hybridized carbons (Fsp3) is 0.333. The maximum absolute atomic E-state index is 12.8. The van der Waals surface area contributed by atoms with Crippen LogP contribution in [0, 0.1) is 5.92 Å². The number of piperidine rings is 1. The Kier molecular flexibility index (Phi) is 6.23. The van der Waals surface area contributed by atoms with Crippen molar-refractivity contribution in [1.82, 2.24) is 4.90 Å². The van der Waals surface area contributed by atoms with Crippen LogP contribution >= 0.6 is 0 Å². The zero-order chi connectivity index (χ0) is 21.8. The van der Waals surface area contributed by atoms with Gasteiger partial charge in [-0.2, -0.15) is 0 Å². The van der Waals surface area contributed by atoms with Gasteiger partial charge in [0, 0.05) is 23.9 Å². The maximum atomic E-state index is 12.8. The second-order valence-corrected chi connectivity index (χ2v) is 7.72. The zero-order valence-electron chi connectivity index (χ0n) is 17.7. The number of benzene rings is 2. The van der Waals surface area contributed by atoms with Gasteiger partial charge in [-0.25, -0.2) is 4.79 Å². The first kappa shape index (κ1) is 20.9. The maximum Gasteiger partial charge on any atom is 0.360 e. The number of nitrogens with one attached hydrogen (secondary N) is 1. The van der Waals surface area contributed by atoms with Crippen molar-refractivity contribution in [1.29, 1.82) is 0 Å². The first-order chi connectivity index (χ1) is 15.1. The molecule has 7 nitrogen and oxygen atoms in total. The van der Waals surface area contributed by atoms with Crippen LogP contribution in [-0.2, 0) is 11.3 Å². The number of fused-ring (bicyclic) bond motifs is 1. The minimum absolute atomic E-state index is 0.132. The number of hydrogen-bond donors (Lipinski definition) is 1. The molecule has 162 valence electrons. The van der Waals surface area contributed by atoms with Crippen LogP contribution in [0.5, 0.6) is 11.5 Å². The van der Waals surface area contributed by atoms with Crippen LogP contribution in [0.1, 0.15) is 18.4 Å². The highest BCUT2D eigenvalue weighted by atomic mass is 16.5. The number of likely N-dealkylation sites (tertiary alicyclic amines) is 1. The van der Waals surface area contributed by atoms with E-state index in [-0.39, 0.29) is 17.5 Å². The molecule has 1 aromatic heterocycles. The van der Waals surface area contributed by atoms with Crippen LogP contribution in [0.4, 0.5) is 5.69 Å². The Morgan fingerprint density at radius 1 is 1.06 bits per heavy atom. The third-order valence-corrected chi connectivity index (χ3v) is 5.70. The first-order valence-electron chi connectivity index (χ1n) is 10.3. The zero-order valence-corrected chi connectivity index (χ0v) is 17.7. The summed E-state index contributed by atoms with van der Waals surface area (Å²) in [5, 5.41) is 3.41. The van der Waals surface area contributed by atoms with Gasteiger partial charge in [-0.15, -0.1) is 0 Å². The molecule has 7 heteroatoms. The highest BCUT2D eigenvalue weighted by molar-refractivity contribution is 5.94. The summed E-state index contributed by atoms with van der Waals surface area (Å²) in [6, 6.07) is 15.2. The lowest BCUT2D eigenvalue weighted by atomic mass is 9.95. The summed E-state index contributed by atoms with van der Waals surface area (Å²) in [5.41, 5.74) is 1.19. The van der Waals surface area contributed by atoms with Gasteiger partial charge in [0.05, 0.1) is 14.2 Å². The topological polar surface area (TPSA) is 81.0 Å². The fourth-order valence-electron chi connectivity index (χ4n) is 3.96. The lowest BCUT2D eigenvalue weighted by molar-refractivity contribution is -0.121. The third kappa shape index (κ3) is 4.72. The Bertz CT molecular complexity index is 1120. The van der Waals surface area contributed by atoms with E-state index in [4.69, 9.17) is 13.9 Å². The molecule has 31 heavy (non-hydrogen) atoms. The van der Waals surface area contributed by atoms with Crippen LogP contribution < -0.4 is 20.4 Å². The van der Waals surface area contributed by atoms with Gasteiger partial charge in [0.1, 0.15) is 11.3 Å². The van der Waals surface area contributed by atoms with Crippen molar-refractivity contribution in [3.8, 4) is 11.5 Å². The van der Waals surface area contributed by atoms with Gasteiger partial charge >= 0.3 is 5.63 Å². The molecular weight excluding hydrogens is 396 g/mol. The standard InChI is InChI=1S/C24H26N2O5/c1-29-21-13-18-12-19(24(28)31-20(18)14-22(21)30-2)25-23(27)17-8-10-26(11-9-17)15-16-6-4-3-5-7-16/h3-7,12-14,17H,8-11,15H2,1-2H3,(H,25,27). The van der Waals surface area contributed by atoms with Gasteiger partial charge in [-0.05, 0) is 43.6 Å². The van der Waals surface area contributed by atoms with Gasteiger partial charge in [-0.1, -0.05) is 30.3 Å². The van der Waals surface area contributed by atoms with Crippen molar-refractivity contribution >= 4 is 22.6 Å². The molecule has 0 spiro atoms. The molecule has 2 heterocycles. The molecule has 0 unspecified atom stereocenters. The molecule has 1 amide bonds. The van der Waals surface area contributed by atoms with Gasteiger partial charge < -0.3 is 19.2 Å². The number of nitrogens with zero attached hydrogens (tertiary/aromatic N) is 1. The number of amides is 1. The van der Waals surface area contributed by atoms with Gasteiger partial charge in [0.2, 0.25) is 5.91 Å². The SMILES string of the molecule is COc1cc2cc(NC(=O)C3CCN(Cc4ccccc4)CC3)c(=O)oc2cc1OC. The quantitative estimate of drug-likeness (QED) is 0.611. The number of hydrogen-bond acceptors (Lipinski definition) is 6. The summed E-state index contributed by atoms with van der Waals surface area (Å²) in [7, 11) is 3.05. The molecule has 3 aromatic rings. The van der Waals surface area contributed by atoms with Crippen molar-refractivity contribution in [2.75, 3.05) is 32.6 Å². The summed E-state index contributed by atoms with van der Waals surface area (Å²) in [6.07, 6.45) is 1.51. The van der Waals surface area contributed by atoms with Gasteiger partial charge in [-0.3, -0.25) is 9.69 Å². The largest absolute Gasteiger partial charge is 0.493 e. The highest BCUT2D eigenvalue weighted by Crippen LogP contribution is 2.32. The summed E-state index contributed by atoms with van der Waals surface area (Å²) >= 11 is 0. The summed E-state index contributed by atoms with van der Waals surface area (Å²) < 4.78 is 15.9. The highest BCUT2D eigenvalue weighted by Gasteiger charge is 2.26. The lowest BCUT2D eigenvalue weighted by Gasteiger charge is -2.31. The third-order valence-electron chi connectivity index (χ3n) is 5.70. The van der Waals surface area contributed by atoms with Gasteiger partial charge in [0.25, 0.3) is 0 Å². The van der Waals surface area contributed by atoms with E-state index in [1.54, 1.807) is 18.2 Å². The minimum Gasteiger partial charge on any atom is -0.493 e. The number of methoxy groups -OCH3 is 2. The second-order valence-electron chi connectivity index (χ2n) is 7.72. The van der Waals surface area contributed by atoms with E-state index in [2.05, 4.69) is 22.3 Å². The monoisotopic (exact) mass is 422 g/mol. The van der Waals surface area contributed by atoms with E-state index in [1.165, 1.54) is 19.8 Å². The molecule has 0 atom stereocenters. The number of carbonyl (C=O) groups is 1. The summed E-state index contributed by atoms with van der Waals surface area (Å²) in [4.78, 5) is 27.5. The molecule has 1 aliphatic rings. The van der Waals surface area contributed by atoms with Crippen LogP contribution in [0.15, 0.2) is 57.7 Å². The molecule has 4 rings (SSSR count). The van der Waals surface area contributed by atoms with E-state index in [0.29, 0.717) is 22.5 Å². The average Bonchev–Trinajstić information content (AvgIpc) is 2.80. The fourth-order valence-corrected chi connectivity index (χ4v) is 3.96. The van der Waals surface area contributed by atoms with Crippen LogP contribution in [-0.4, -0.2) is 38.1 Å². The lowest BCUT2D eigenvalue weighted by Crippen LogP contribution is -2.38. The smallest absolute Gasteiger partial charge is 0.360 e. The van der Waals surface area contributed by atoms with Crippen molar-refractivity contribution < 1.29 is 18.7 Å². The van der Waals surface area contributed by atoms with E-state index >= 15 is 0 Å². The van der Waals surface area contributed by atoms with Crippen molar-refractivity contribution in [2.24, 2.45) is 5.92 Å². The predicted octanol–water partition coefficient (Wildman–Crippen LogP) is 3.66. The molecule has 0 radical (unpaired) electrons.